The van der Waals surface area contributed by atoms with Gasteiger partial charge in [-0.25, -0.2) is 0 Å². The fourth-order valence-corrected chi connectivity index (χ4v) is 2.62. The normalized spacial score (nSPS) is 20.6. The first-order valence-corrected chi connectivity index (χ1v) is 6.78. The summed E-state index contributed by atoms with van der Waals surface area (Å²) in [5, 5.41) is 0. The highest BCUT2D eigenvalue weighted by Crippen LogP contribution is 2.15. The van der Waals surface area contributed by atoms with Crippen molar-refractivity contribution in [2.24, 2.45) is 0 Å². The van der Waals surface area contributed by atoms with Crippen molar-refractivity contribution < 1.29 is 9.53 Å². The lowest BCUT2D eigenvalue weighted by atomic mass is 10.1. The Balaban J connectivity index is 1.79. The molecule has 1 aliphatic heterocycles. The molecule has 1 aromatic carbocycles. The van der Waals surface area contributed by atoms with Gasteiger partial charge in [0.15, 0.2) is 5.78 Å². The minimum atomic E-state index is -0.164. The van der Waals surface area contributed by atoms with E-state index in [1.807, 2.05) is 30.0 Å². The lowest BCUT2D eigenvalue weighted by molar-refractivity contribution is -0.129. The van der Waals surface area contributed by atoms with E-state index >= 15 is 0 Å². The molecule has 2 nitrogen and oxygen atoms in total. The van der Waals surface area contributed by atoms with Gasteiger partial charge in [0, 0.05) is 17.9 Å². The van der Waals surface area contributed by atoms with Gasteiger partial charge in [0.25, 0.3) is 0 Å². The zero-order valence-electron chi connectivity index (χ0n) is 9.22. The molecule has 1 unspecified atom stereocenters. The summed E-state index contributed by atoms with van der Waals surface area (Å²) in [5.41, 5.74) is 1.22. The number of hydrogen-bond donors (Lipinski definition) is 0. The third-order valence-electron chi connectivity index (χ3n) is 2.68. The predicted molar refractivity (Wildman–Crippen MR) is 66.8 cm³/mol. The number of benzene rings is 1. The highest BCUT2D eigenvalue weighted by Gasteiger charge is 2.21. The minimum Gasteiger partial charge on any atom is -0.369 e. The number of rotatable bonds is 4. The van der Waals surface area contributed by atoms with Gasteiger partial charge < -0.3 is 4.74 Å². The van der Waals surface area contributed by atoms with E-state index in [1.54, 1.807) is 0 Å². The Labute approximate surface area is 100 Å². The predicted octanol–water partition coefficient (Wildman–Crippen LogP) is 2.32. The van der Waals surface area contributed by atoms with Crippen molar-refractivity contribution in [1.29, 1.82) is 0 Å². The molecule has 0 N–H and O–H groups in total. The zero-order valence-corrected chi connectivity index (χ0v) is 10.0. The van der Waals surface area contributed by atoms with Crippen LogP contribution in [0, 0.1) is 0 Å². The van der Waals surface area contributed by atoms with Gasteiger partial charge in [-0.3, -0.25) is 4.79 Å². The molecule has 0 aliphatic carbocycles. The number of carbonyl (C=O) groups excluding carboxylic acids is 1. The molecule has 86 valence electrons. The van der Waals surface area contributed by atoms with Crippen LogP contribution in [0.3, 0.4) is 0 Å². The highest BCUT2D eigenvalue weighted by atomic mass is 32.2. The summed E-state index contributed by atoms with van der Waals surface area (Å²) in [6, 6.07) is 10.1. The van der Waals surface area contributed by atoms with Gasteiger partial charge in [-0.15, -0.1) is 0 Å². The van der Waals surface area contributed by atoms with Gasteiger partial charge in [-0.05, 0) is 12.0 Å². The molecular weight excluding hydrogens is 220 g/mol. The van der Waals surface area contributed by atoms with Crippen molar-refractivity contribution in [1.82, 2.24) is 0 Å². The third kappa shape index (κ3) is 3.35. The molecule has 0 amide bonds. The van der Waals surface area contributed by atoms with Gasteiger partial charge in [-0.2, -0.15) is 11.8 Å². The van der Waals surface area contributed by atoms with Crippen molar-refractivity contribution in [3.8, 4) is 0 Å². The van der Waals surface area contributed by atoms with Crippen LogP contribution in [-0.4, -0.2) is 30.0 Å². The highest BCUT2D eigenvalue weighted by molar-refractivity contribution is 7.99. The SMILES string of the molecule is O=C(CCc1ccccc1)C1CSCCO1. The van der Waals surface area contributed by atoms with Crippen LogP contribution in [0.25, 0.3) is 0 Å². The van der Waals surface area contributed by atoms with Gasteiger partial charge in [0.2, 0.25) is 0 Å². The van der Waals surface area contributed by atoms with Crippen LogP contribution in [0.15, 0.2) is 30.3 Å². The number of thioether (sulfide) groups is 1. The molecular formula is C13H16O2S. The fourth-order valence-electron chi connectivity index (χ4n) is 1.75. The molecule has 3 heteroatoms. The van der Waals surface area contributed by atoms with E-state index < -0.39 is 0 Å². The molecule has 1 aliphatic rings. The van der Waals surface area contributed by atoms with Crippen LogP contribution < -0.4 is 0 Å². The van der Waals surface area contributed by atoms with Gasteiger partial charge in [0.05, 0.1) is 6.61 Å². The Hall–Kier alpha value is -0.800. The number of carbonyl (C=O) groups is 1. The topological polar surface area (TPSA) is 26.3 Å². The van der Waals surface area contributed by atoms with Crippen molar-refractivity contribution in [2.75, 3.05) is 18.1 Å². The second-order valence-corrected chi connectivity index (χ2v) is 5.04. The van der Waals surface area contributed by atoms with E-state index in [0.717, 1.165) is 17.9 Å². The largest absolute Gasteiger partial charge is 0.369 e. The molecule has 0 saturated carbocycles. The molecule has 1 aromatic rings. The molecule has 0 radical (unpaired) electrons. The summed E-state index contributed by atoms with van der Waals surface area (Å²) < 4.78 is 5.46. The number of Topliss-reactive ketones (excluding diaryl/α,β-unsaturated/α-hetero) is 1. The average molecular weight is 236 g/mol. The second kappa shape index (κ2) is 6.06. The molecule has 1 atom stereocenters. The maximum atomic E-state index is 11.8. The summed E-state index contributed by atoms with van der Waals surface area (Å²) in [6.07, 6.45) is 1.25. The number of ether oxygens (including phenoxy) is 1. The first-order chi connectivity index (χ1) is 7.86. The van der Waals surface area contributed by atoms with Crippen LogP contribution in [0.2, 0.25) is 0 Å². The summed E-state index contributed by atoms with van der Waals surface area (Å²) >= 11 is 1.81. The Kier molecular flexibility index (Phi) is 4.43. The molecule has 16 heavy (non-hydrogen) atoms. The van der Waals surface area contributed by atoms with Crippen LogP contribution in [-0.2, 0) is 16.0 Å². The molecule has 0 aromatic heterocycles. The first kappa shape index (κ1) is 11.7. The van der Waals surface area contributed by atoms with Crippen LogP contribution in [0.1, 0.15) is 12.0 Å². The third-order valence-corrected chi connectivity index (χ3v) is 3.67. The fraction of sp³-hybridized carbons (Fsp3) is 0.462. The van der Waals surface area contributed by atoms with Crippen molar-refractivity contribution >= 4 is 17.5 Å². The van der Waals surface area contributed by atoms with E-state index in [0.29, 0.717) is 13.0 Å². The first-order valence-electron chi connectivity index (χ1n) is 5.62. The smallest absolute Gasteiger partial charge is 0.162 e. The molecule has 1 fully saturated rings. The quantitative estimate of drug-likeness (QED) is 0.802. The summed E-state index contributed by atoms with van der Waals surface area (Å²) in [4.78, 5) is 11.8. The Morgan fingerprint density at radius 3 is 2.88 bits per heavy atom. The second-order valence-electron chi connectivity index (χ2n) is 3.89. The monoisotopic (exact) mass is 236 g/mol. The molecule has 1 heterocycles. The standard InChI is InChI=1S/C13H16O2S/c14-12(13-10-16-9-8-15-13)7-6-11-4-2-1-3-5-11/h1-5,13H,6-10H2. The molecule has 1 saturated heterocycles. The lowest BCUT2D eigenvalue weighted by Crippen LogP contribution is -2.31. The molecule has 0 bridgehead atoms. The van der Waals surface area contributed by atoms with Crippen molar-refractivity contribution in [3.05, 3.63) is 35.9 Å². The van der Waals surface area contributed by atoms with E-state index in [9.17, 15) is 4.79 Å². The molecule has 0 spiro atoms. The number of hydrogen-bond acceptors (Lipinski definition) is 3. The Bertz CT molecular complexity index is 331. The average Bonchev–Trinajstić information content (AvgIpc) is 2.38. The van der Waals surface area contributed by atoms with Gasteiger partial charge in [0.1, 0.15) is 6.10 Å². The van der Waals surface area contributed by atoms with Crippen LogP contribution >= 0.6 is 11.8 Å². The maximum Gasteiger partial charge on any atom is 0.162 e. The number of ketones is 1. The Morgan fingerprint density at radius 2 is 2.19 bits per heavy atom. The van der Waals surface area contributed by atoms with E-state index in [2.05, 4.69) is 12.1 Å². The lowest BCUT2D eigenvalue weighted by Gasteiger charge is -2.20. The van der Waals surface area contributed by atoms with E-state index in [-0.39, 0.29) is 11.9 Å². The Morgan fingerprint density at radius 1 is 1.38 bits per heavy atom. The summed E-state index contributed by atoms with van der Waals surface area (Å²) in [5.74, 6) is 2.09. The van der Waals surface area contributed by atoms with E-state index in [4.69, 9.17) is 4.74 Å². The molecule has 2 rings (SSSR count). The van der Waals surface area contributed by atoms with Crippen LogP contribution in [0.5, 0.6) is 0 Å². The van der Waals surface area contributed by atoms with Crippen LogP contribution in [0.4, 0.5) is 0 Å². The van der Waals surface area contributed by atoms with Crippen molar-refractivity contribution in [3.63, 3.8) is 0 Å². The van der Waals surface area contributed by atoms with E-state index in [1.165, 1.54) is 5.56 Å². The summed E-state index contributed by atoms with van der Waals surface area (Å²) in [6.45, 7) is 0.715. The van der Waals surface area contributed by atoms with Crippen molar-refractivity contribution in [2.45, 2.75) is 18.9 Å². The van der Waals surface area contributed by atoms with Gasteiger partial charge >= 0.3 is 0 Å². The van der Waals surface area contributed by atoms with Gasteiger partial charge in [-0.1, -0.05) is 30.3 Å². The number of aryl methyl sites for hydroxylation is 1. The zero-order chi connectivity index (χ0) is 11.2. The minimum absolute atomic E-state index is 0.164. The summed E-state index contributed by atoms with van der Waals surface area (Å²) in [7, 11) is 0. The maximum absolute atomic E-state index is 11.8.